The number of Topliss-reactive ketones (excluding diaryl/α,β-unsaturated/α-hetero) is 1. The molecule has 1 aromatic carbocycles. The van der Waals surface area contributed by atoms with Gasteiger partial charge in [-0.2, -0.15) is 0 Å². The number of aliphatic hydroxyl groups is 1. The van der Waals surface area contributed by atoms with Crippen molar-refractivity contribution in [2.75, 3.05) is 0 Å². The number of aliphatic hydroxyl groups excluding tert-OH is 1. The number of allylic oxidation sites excluding steroid dienone is 3. The number of rotatable bonds is 3. The summed E-state index contributed by atoms with van der Waals surface area (Å²) >= 11 is 0. The van der Waals surface area contributed by atoms with E-state index in [1.807, 2.05) is 42.5 Å². The lowest BCUT2D eigenvalue weighted by Gasteiger charge is -2.23. The second-order valence-corrected chi connectivity index (χ2v) is 5.74. The average molecular weight is 268 g/mol. The number of carbonyl (C=O) groups excluding carboxylic acids is 1. The van der Waals surface area contributed by atoms with Gasteiger partial charge in [0.05, 0.1) is 0 Å². The highest BCUT2D eigenvalue weighted by molar-refractivity contribution is 6.01. The summed E-state index contributed by atoms with van der Waals surface area (Å²) in [5, 5.41) is 10.3. The number of ketones is 1. The summed E-state index contributed by atoms with van der Waals surface area (Å²) in [6, 6.07) is 10.0. The zero-order valence-corrected chi connectivity index (χ0v) is 11.6. The summed E-state index contributed by atoms with van der Waals surface area (Å²) in [7, 11) is 0. The van der Waals surface area contributed by atoms with E-state index in [2.05, 4.69) is 0 Å². The molecule has 2 aliphatic rings. The summed E-state index contributed by atoms with van der Waals surface area (Å²) in [6.45, 7) is 0. The molecule has 0 bridgehead atoms. The van der Waals surface area contributed by atoms with E-state index in [4.69, 9.17) is 0 Å². The highest BCUT2D eigenvalue weighted by Crippen LogP contribution is 2.43. The number of benzene rings is 1. The van der Waals surface area contributed by atoms with Crippen LogP contribution in [-0.2, 0) is 4.79 Å². The van der Waals surface area contributed by atoms with Crippen LogP contribution in [0.5, 0.6) is 0 Å². The second kappa shape index (κ2) is 5.66. The van der Waals surface area contributed by atoms with Crippen LogP contribution in [-0.4, -0.2) is 10.9 Å². The van der Waals surface area contributed by atoms with Crippen molar-refractivity contribution in [3.8, 4) is 0 Å². The van der Waals surface area contributed by atoms with E-state index in [1.165, 1.54) is 0 Å². The largest absolute Gasteiger partial charge is 0.512 e. The SMILES string of the molecule is O=C1C(C/C=C/c2ccccc2)=C(O)[C@@H]2CCCC[C@H]12. The Kier molecular flexibility index (Phi) is 3.72. The molecule has 1 N–H and O–H groups in total. The second-order valence-electron chi connectivity index (χ2n) is 5.74. The Balaban J connectivity index is 1.72. The zero-order chi connectivity index (χ0) is 13.9. The number of carbonyl (C=O) groups is 1. The van der Waals surface area contributed by atoms with Crippen molar-refractivity contribution in [2.45, 2.75) is 32.1 Å². The Bertz CT molecular complexity index is 554. The van der Waals surface area contributed by atoms with E-state index < -0.39 is 0 Å². The van der Waals surface area contributed by atoms with E-state index in [1.54, 1.807) is 0 Å². The fourth-order valence-electron chi connectivity index (χ4n) is 3.43. The summed E-state index contributed by atoms with van der Waals surface area (Å²) in [4.78, 5) is 12.3. The normalized spacial score (nSPS) is 26.3. The van der Waals surface area contributed by atoms with E-state index in [0.29, 0.717) is 17.8 Å². The number of fused-ring (bicyclic) bond motifs is 1. The smallest absolute Gasteiger partial charge is 0.166 e. The lowest BCUT2D eigenvalue weighted by Crippen LogP contribution is -2.21. The van der Waals surface area contributed by atoms with E-state index in [9.17, 15) is 9.90 Å². The van der Waals surface area contributed by atoms with Gasteiger partial charge in [-0.25, -0.2) is 0 Å². The third-order valence-corrected chi connectivity index (χ3v) is 4.49. The van der Waals surface area contributed by atoms with Crippen LogP contribution in [0.25, 0.3) is 6.08 Å². The van der Waals surface area contributed by atoms with E-state index in [-0.39, 0.29) is 17.6 Å². The molecule has 0 radical (unpaired) electrons. The highest BCUT2D eigenvalue weighted by Gasteiger charge is 2.42. The van der Waals surface area contributed by atoms with Crippen LogP contribution in [0.1, 0.15) is 37.7 Å². The van der Waals surface area contributed by atoms with E-state index in [0.717, 1.165) is 31.2 Å². The van der Waals surface area contributed by atoms with Crippen molar-refractivity contribution in [1.82, 2.24) is 0 Å². The standard InChI is InChI=1S/C18H20O2/c19-17-14-10-4-5-11-15(14)18(20)16(17)12-6-9-13-7-2-1-3-8-13/h1-3,6-9,14-15,19H,4-5,10-12H2/b9-6+/t14-,15+/m1/s1. The average Bonchev–Trinajstić information content (AvgIpc) is 2.74. The molecule has 2 heteroatoms. The van der Waals surface area contributed by atoms with Gasteiger partial charge in [-0.05, 0) is 24.8 Å². The minimum absolute atomic E-state index is 0.0591. The van der Waals surface area contributed by atoms with Gasteiger partial charge >= 0.3 is 0 Å². The molecule has 1 fully saturated rings. The van der Waals surface area contributed by atoms with Crippen molar-refractivity contribution >= 4 is 11.9 Å². The Morgan fingerprint density at radius 3 is 2.50 bits per heavy atom. The van der Waals surface area contributed by atoms with Gasteiger partial charge < -0.3 is 5.11 Å². The molecule has 0 spiro atoms. The Hall–Kier alpha value is -1.83. The molecule has 3 rings (SSSR count). The van der Waals surface area contributed by atoms with Gasteiger partial charge in [0.2, 0.25) is 0 Å². The maximum atomic E-state index is 12.3. The molecule has 0 heterocycles. The lowest BCUT2D eigenvalue weighted by atomic mass is 9.80. The predicted octanol–water partition coefficient (Wildman–Crippen LogP) is 4.29. The van der Waals surface area contributed by atoms with Gasteiger partial charge in [0.25, 0.3) is 0 Å². The molecule has 2 nitrogen and oxygen atoms in total. The fraction of sp³-hybridized carbons (Fsp3) is 0.389. The molecule has 1 saturated carbocycles. The Labute approximate surface area is 119 Å². The van der Waals surface area contributed by atoms with Crippen LogP contribution < -0.4 is 0 Å². The van der Waals surface area contributed by atoms with Crippen LogP contribution in [0.4, 0.5) is 0 Å². The summed E-state index contributed by atoms with van der Waals surface area (Å²) in [6.07, 6.45) is 8.70. The van der Waals surface area contributed by atoms with Crippen LogP contribution in [0.2, 0.25) is 0 Å². The van der Waals surface area contributed by atoms with Crippen LogP contribution in [0.3, 0.4) is 0 Å². The fourth-order valence-corrected chi connectivity index (χ4v) is 3.43. The van der Waals surface area contributed by atoms with Crippen molar-refractivity contribution in [1.29, 1.82) is 0 Å². The van der Waals surface area contributed by atoms with Crippen LogP contribution >= 0.6 is 0 Å². The maximum absolute atomic E-state index is 12.3. The summed E-state index contributed by atoms with van der Waals surface area (Å²) < 4.78 is 0. The van der Waals surface area contributed by atoms with Gasteiger partial charge in [0, 0.05) is 17.4 Å². The molecule has 2 atom stereocenters. The maximum Gasteiger partial charge on any atom is 0.166 e. The van der Waals surface area contributed by atoms with Gasteiger partial charge in [-0.1, -0.05) is 55.3 Å². The summed E-state index contributed by atoms with van der Waals surface area (Å²) in [5.74, 6) is 0.725. The molecule has 0 unspecified atom stereocenters. The number of hydrogen-bond acceptors (Lipinski definition) is 2. The first-order valence-electron chi connectivity index (χ1n) is 7.45. The molecule has 20 heavy (non-hydrogen) atoms. The minimum atomic E-state index is 0.0591. The zero-order valence-electron chi connectivity index (χ0n) is 11.6. The minimum Gasteiger partial charge on any atom is -0.512 e. The quantitative estimate of drug-likeness (QED) is 0.887. The molecule has 0 saturated heterocycles. The Morgan fingerprint density at radius 1 is 1.10 bits per heavy atom. The van der Waals surface area contributed by atoms with Crippen molar-refractivity contribution in [2.24, 2.45) is 11.8 Å². The Morgan fingerprint density at radius 2 is 1.80 bits per heavy atom. The lowest BCUT2D eigenvalue weighted by molar-refractivity contribution is -0.120. The first-order chi connectivity index (χ1) is 9.77. The van der Waals surface area contributed by atoms with Gasteiger partial charge in [-0.3, -0.25) is 4.79 Å². The highest BCUT2D eigenvalue weighted by atomic mass is 16.3. The van der Waals surface area contributed by atoms with Crippen LogP contribution in [0, 0.1) is 11.8 Å². The predicted molar refractivity (Wildman–Crippen MR) is 80.2 cm³/mol. The molecule has 1 aromatic rings. The molecular formula is C18H20O2. The topological polar surface area (TPSA) is 37.3 Å². The number of hydrogen-bond donors (Lipinski definition) is 1. The van der Waals surface area contributed by atoms with Crippen LogP contribution in [0.15, 0.2) is 47.7 Å². The van der Waals surface area contributed by atoms with Crippen molar-refractivity contribution < 1.29 is 9.90 Å². The van der Waals surface area contributed by atoms with Crippen molar-refractivity contribution in [3.63, 3.8) is 0 Å². The van der Waals surface area contributed by atoms with E-state index >= 15 is 0 Å². The molecule has 104 valence electrons. The first-order valence-corrected chi connectivity index (χ1v) is 7.45. The van der Waals surface area contributed by atoms with Gasteiger partial charge in [0.1, 0.15) is 5.76 Å². The van der Waals surface area contributed by atoms with Gasteiger partial charge in [0.15, 0.2) is 5.78 Å². The molecular weight excluding hydrogens is 248 g/mol. The summed E-state index contributed by atoms with van der Waals surface area (Å²) in [5.41, 5.74) is 1.77. The third-order valence-electron chi connectivity index (χ3n) is 4.49. The van der Waals surface area contributed by atoms with Crippen molar-refractivity contribution in [3.05, 3.63) is 53.3 Å². The molecule has 0 aliphatic heterocycles. The van der Waals surface area contributed by atoms with Gasteiger partial charge in [-0.15, -0.1) is 0 Å². The molecule has 0 amide bonds. The monoisotopic (exact) mass is 268 g/mol. The molecule has 2 aliphatic carbocycles. The molecule has 0 aromatic heterocycles. The third kappa shape index (κ3) is 2.43. The first kappa shape index (κ1) is 13.2.